The van der Waals surface area contributed by atoms with Gasteiger partial charge in [0.05, 0.1) is 23.3 Å². The molecule has 0 saturated heterocycles. The Kier molecular flexibility index (Phi) is 5.82. The summed E-state index contributed by atoms with van der Waals surface area (Å²) in [5.74, 6) is -0.203. The van der Waals surface area contributed by atoms with Crippen LogP contribution < -0.4 is 4.90 Å². The van der Waals surface area contributed by atoms with Gasteiger partial charge in [0, 0.05) is 18.5 Å². The lowest BCUT2D eigenvalue weighted by molar-refractivity contribution is -0.119. The summed E-state index contributed by atoms with van der Waals surface area (Å²) in [5.41, 5.74) is 2.84. The zero-order chi connectivity index (χ0) is 17.7. The van der Waals surface area contributed by atoms with Gasteiger partial charge in [-0.1, -0.05) is 12.1 Å². The standard InChI is InChI=1S/C16H19N5O2S/c1-12-6-4-7-14(13(12)2)21(9-5-8-17)15(22)10-20-11-18-19-16(20)24(3)23/h4,6-7,11H,5,9-10H2,1-3H3. The Bertz CT molecular complexity index is 809. The fourth-order valence-electron chi connectivity index (χ4n) is 2.38. The predicted molar refractivity (Wildman–Crippen MR) is 90.9 cm³/mol. The molecule has 0 bridgehead atoms. The van der Waals surface area contributed by atoms with Crippen molar-refractivity contribution in [2.24, 2.45) is 0 Å². The van der Waals surface area contributed by atoms with Crippen LogP contribution in [-0.4, -0.2) is 37.7 Å². The molecule has 1 atom stereocenters. The maximum Gasteiger partial charge on any atom is 0.247 e. The van der Waals surface area contributed by atoms with Gasteiger partial charge in [-0.05, 0) is 31.0 Å². The number of hydrogen-bond acceptors (Lipinski definition) is 5. The molecule has 1 amide bonds. The Morgan fingerprint density at radius 2 is 2.17 bits per heavy atom. The first kappa shape index (κ1) is 17.8. The van der Waals surface area contributed by atoms with Crippen LogP contribution in [0.4, 0.5) is 5.69 Å². The molecule has 0 radical (unpaired) electrons. The molecule has 0 saturated carbocycles. The third kappa shape index (κ3) is 3.86. The normalized spacial score (nSPS) is 11.8. The summed E-state index contributed by atoms with van der Waals surface area (Å²) < 4.78 is 13.1. The van der Waals surface area contributed by atoms with Gasteiger partial charge >= 0.3 is 0 Å². The van der Waals surface area contributed by atoms with Crippen molar-refractivity contribution in [2.75, 3.05) is 17.7 Å². The Hall–Kier alpha value is -2.53. The number of amides is 1. The minimum Gasteiger partial charge on any atom is -0.310 e. The quantitative estimate of drug-likeness (QED) is 0.792. The SMILES string of the molecule is Cc1cccc(N(CCC#N)C(=O)Cn2cnnc2S(C)=O)c1C. The average Bonchev–Trinajstić information content (AvgIpc) is 3.00. The number of rotatable bonds is 6. The fourth-order valence-corrected chi connectivity index (χ4v) is 2.98. The average molecular weight is 345 g/mol. The summed E-state index contributed by atoms with van der Waals surface area (Å²) in [7, 11) is -1.33. The van der Waals surface area contributed by atoms with E-state index in [-0.39, 0.29) is 24.0 Å². The van der Waals surface area contributed by atoms with Crippen molar-refractivity contribution in [3.63, 3.8) is 0 Å². The third-order valence-electron chi connectivity index (χ3n) is 3.76. The van der Waals surface area contributed by atoms with Crippen molar-refractivity contribution < 1.29 is 9.00 Å². The first-order valence-electron chi connectivity index (χ1n) is 7.40. The second-order valence-electron chi connectivity index (χ2n) is 5.37. The third-order valence-corrected chi connectivity index (χ3v) is 4.59. The Morgan fingerprint density at radius 3 is 2.83 bits per heavy atom. The molecule has 24 heavy (non-hydrogen) atoms. The molecule has 7 nitrogen and oxygen atoms in total. The highest BCUT2D eigenvalue weighted by Gasteiger charge is 2.20. The maximum atomic E-state index is 12.8. The van der Waals surface area contributed by atoms with E-state index in [1.807, 2.05) is 32.0 Å². The molecule has 0 N–H and O–H groups in total. The van der Waals surface area contributed by atoms with E-state index in [1.54, 1.807) is 4.90 Å². The van der Waals surface area contributed by atoms with E-state index in [2.05, 4.69) is 16.3 Å². The molecule has 126 valence electrons. The van der Waals surface area contributed by atoms with Gasteiger partial charge in [-0.15, -0.1) is 10.2 Å². The molecule has 2 aromatic rings. The van der Waals surface area contributed by atoms with Gasteiger partial charge in [-0.3, -0.25) is 13.6 Å². The Morgan fingerprint density at radius 1 is 1.42 bits per heavy atom. The van der Waals surface area contributed by atoms with Crippen LogP contribution >= 0.6 is 0 Å². The lowest BCUT2D eigenvalue weighted by atomic mass is 10.1. The van der Waals surface area contributed by atoms with Crippen molar-refractivity contribution >= 4 is 22.4 Å². The number of hydrogen-bond donors (Lipinski definition) is 0. The second kappa shape index (κ2) is 7.84. The number of carbonyl (C=O) groups is 1. The van der Waals surface area contributed by atoms with Crippen molar-refractivity contribution in [1.29, 1.82) is 5.26 Å². The second-order valence-corrected chi connectivity index (χ2v) is 6.64. The van der Waals surface area contributed by atoms with Crippen molar-refractivity contribution in [3.05, 3.63) is 35.7 Å². The lowest BCUT2D eigenvalue weighted by Gasteiger charge is -2.24. The minimum absolute atomic E-state index is 0.0271. The zero-order valence-electron chi connectivity index (χ0n) is 13.9. The van der Waals surface area contributed by atoms with Gasteiger partial charge in [0.25, 0.3) is 0 Å². The summed E-state index contributed by atoms with van der Waals surface area (Å²) in [6.07, 6.45) is 3.11. The molecule has 1 unspecified atom stereocenters. The largest absolute Gasteiger partial charge is 0.310 e. The van der Waals surface area contributed by atoms with Crippen LogP contribution in [0.15, 0.2) is 29.7 Å². The van der Waals surface area contributed by atoms with Gasteiger partial charge in [0.1, 0.15) is 12.9 Å². The number of nitriles is 1. The van der Waals surface area contributed by atoms with Crippen LogP contribution in [0.25, 0.3) is 0 Å². The lowest BCUT2D eigenvalue weighted by Crippen LogP contribution is -2.35. The number of aryl methyl sites for hydroxylation is 1. The van der Waals surface area contributed by atoms with E-state index in [0.717, 1.165) is 16.8 Å². The maximum absolute atomic E-state index is 12.8. The van der Waals surface area contributed by atoms with Crippen molar-refractivity contribution in [2.45, 2.75) is 32.0 Å². The monoisotopic (exact) mass is 345 g/mol. The molecule has 0 aliphatic carbocycles. The molecule has 1 aromatic heterocycles. The van der Waals surface area contributed by atoms with E-state index >= 15 is 0 Å². The highest BCUT2D eigenvalue weighted by molar-refractivity contribution is 7.84. The number of nitrogens with zero attached hydrogens (tertiary/aromatic N) is 5. The topological polar surface area (TPSA) is 91.9 Å². The van der Waals surface area contributed by atoms with E-state index in [1.165, 1.54) is 17.2 Å². The smallest absolute Gasteiger partial charge is 0.247 e. The summed E-state index contributed by atoms with van der Waals surface area (Å²) in [5, 5.41) is 16.6. The molecule has 1 aromatic carbocycles. The van der Waals surface area contributed by atoms with Crippen LogP contribution in [0.2, 0.25) is 0 Å². The number of carbonyl (C=O) groups excluding carboxylic acids is 1. The van der Waals surface area contributed by atoms with Gasteiger partial charge < -0.3 is 4.90 Å². The van der Waals surface area contributed by atoms with Gasteiger partial charge in [0.2, 0.25) is 11.1 Å². The predicted octanol–water partition coefficient (Wildman–Crippen LogP) is 1.58. The zero-order valence-corrected chi connectivity index (χ0v) is 14.7. The van der Waals surface area contributed by atoms with Crippen molar-refractivity contribution in [3.8, 4) is 6.07 Å². The van der Waals surface area contributed by atoms with Gasteiger partial charge in [0.15, 0.2) is 0 Å². The molecule has 0 aliphatic heterocycles. The number of aromatic nitrogens is 3. The van der Waals surface area contributed by atoms with Crippen LogP contribution in [0.5, 0.6) is 0 Å². The molecule has 0 aliphatic rings. The van der Waals surface area contributed by atoms with E-state index < -0.39 is 10.8 Å². The number of anilines is 1. The van der Waals surface area contributed by atoms with Crippen LogP contribution in [-0.2, 0) is 22.1 Å². The molecule has 2 rings (SSSR count). The van der Waals surface area contributed by atoms with E-state index in [9.17, 15) is 9.00 Å². The van der Waals surface area contributed by atoms with Gasteiger partial charge in [-0.25, -0.2) is 0 Å². The molecular weight excluding hydrogens is 326 g/mol. The minimum atomic E-state index is -1.33. The molecule has 0 fully saturated rings. The number of benzene rings is 1. The molecule has 0 spiro atoms. The highest BCUT2D eigenvalue weighted by Crippen LogP contribution is 2.23. The first-order chi connectivity index (χ1) is 11.5. The van der Waals surface area contributed by atoms with Crippen LogP contribution in [0.3, 0.4) is 0 Å². The van der Waals surface area contributed by atoms with Gasteiger partial charge in [-0.2, -0.15) is 5.26 Å². The summed E-state index contributed by atoms with van der Waals surface area (Å²) in [4.78, 5) is 14.4. The van der Waals surface area contributed by atoms with Crippen LogP contribution in [0, 0.1) is 25.2 Å². The van der Waals surface area contributed by atoms with Crippen molar-refractivity contribution in [1.82, 2.24) is 14.8 Å². The fraction of sp³-hybridized carbons (Fsp3) is 0.375. The summed E-state index contributed by atoms with van der Waals surface area (Å²) >= 11 is 0. The molecule has 8 heteroatoms. The highest BCUT2D eigenvalue weighted by atomic mass is 32.2. The molecule has 1 heterocycles. The van der Waals surface area contributed by atoms with E-state index in [0.29, 0.717) is 6.54 Å². The Balaban J connectivity index is 2.32. The molecular formula is C16H19N5O2S. The van der Waals surface area contributed by atoms with Crippen LogP contribution in [0.1, 0.15) is 17.5 Å². The Labute approximate surface area is 143 Å². The van der Waals surface area contributed by atoms with E-state index in [4.69, 9.17) is 5.26 Å². The summed E-state index contributed by atoms with van der Waals surface area (Å²) in [6.45, 7) is 4.19. The first-order valence-corrected chi connectivity index (χ1v) is 8.96. The summed E-state index contributed by atoms with van der Waals surface area (Å²) in [6, 6.07) is 7.80.